The molecular formula is C21H21N3O7S. The number of aromatic nitrogens is 2. The van der Waals surface area contributed by atoms with Crippen LogP contribution in [-0.4, -0.2) is 56.3 Å². The number of hydrogen-bond donors (Lipinski definition) is 0. The first-order valence-corrected chi connectivity index (χ1v) is 11.1. The van der Waals surface area contributed by atoms with Crippen molar-refractivity contribution in [3.8, 4) is 34.6 Å². The summed E-state index contributed by atoms with van der Waals surface area (Å²) in [6.07, 6.45) is 0.914. The van der Waals surface area contributed by atoms with E-state index in [4.69, 9.17) is 19.0 Å². The third-order valence-corrected chi connectivity index (χ3v) is 5.28. The topological polar surface area (TPSA) is 117 Å². The molecule has 10 nitrogen and oxygen atoms in total. The lowest BCUT2D eigenvalue weighted by Crippen LogP contribution is -2.29. The fourth-order valence-electron chi connectivity index (χ4n) is 2.65. The maximum absolute atomic E-state index is 13.1. The Labute approximate surface area is 185 Å². The zero-order valence-corrected chi connectivity index (χ0v) is 18.6. The van der Waals surface area contributed by atoms with Gasteiger partial charge < -0.3 is 19.0 Å². The number of carbonyl (C=O) groups is 1. The molecule has 3 rings (SSSR count). The van der Waals surface area contributed by atoms with E-state index < -0.39 is 16.0 Å². The number of hydrogen-bond acceptors (Lipinski definition) is 9. The van der Waals surface area contributed by atoms with Crippen molar-refractivity contribution in [2.24, 2.45) is 0 Å². The fraction of sp³-hybridized carbons (Fsp3) is 0.190. The van der Waals surface area contributed by atoms with Crippen molar-refractivity contribution < 1.29 is 32.3 Å². The summed E-state index contributed by atoms with van der Waals surface area (Å²) in [5.74, 6) is -0.519. The molecule has 0 atom stereocenters. The molecule has 0 fully saturated rings. The minimum absolute atomic E-state index is 0.0143. The maximum Gasteiger partial charge on any atom is 0.362 e. The van der Waals surface area contributed by atoms with Gasteiger partial charge in [-0.25, -0.2) is 13.2 Å². The molecule has 0 aliphatic heterocycles. The van der Waals surface area contributed by atoms with Crippen LogP contribution in [0.15, 0.2) is 54.6 Å². The molecule has 11 heteroatoms. The van der Waals surface area contributed by atoms with Gasteiger partial charge in [0.25, 0.3) is 0 Å². The Morgan fingerprint density at radius 1 is 0.938 bits per heavy atom. The third kappa shape index (κ3) is 5.31. The number of carbonyl (C=O) groups excluding carboxylic acids is 1. The van der Waals surface area contributed by atoms with Gasteiger partial charge in [0.15, 0.2) is 0 Å². The summed E-state index contributed by atoms with van der Waals surface area (Å²) in [6, 6.07) is 15.2. The molecule has 1 heterocycles. The molecule has 0 aliphatic rings. The molecule has 2 aromatic carbocycles. The summed E-state index contributed by atoms with van der Waals surface area (Å²) in [5.41, 5.74) is 1.14. The molecule has 0 amide bonds. The van der Waals surface area contributed by atoms with E-state index in [-0.39, 0.29) is 29.1 Å². The van der Waals surface area contributed by atoms with Crippen LogP contribution >= 0.6 is 0 Å². The number of rotatable bonds is 8. The van der Waals surface area contributed by atoms with Crippen molar-refractivity contribution in [2.45, 2.75) is 0 Å². The van der Waals surface area contributed by atoms with Crippen molar-refractivity contribution in [1.29, 1.82) is 0 Å². The Bertz CT molecular complexity index is 1200. The van der Waals surface area contributed by atoms with Crippen LogP contribution in [0.1, 0.15) is 10.4 Å². The number of benzene rings is 2. The van der Waals surface area contributed by atoms with Crippen molar-refractivity contribution in [1.82, 2.24) is 14.4 Å². The maximum atomic E-state index is 13.1. The molecule has 32 heavy (non-hydrogen) atoms. The normalized spacial score (nSPS) is 11.2. The summed E-state index contributed by atoms with van der Waals surface area (Å²) in [4.78, 5) is 26.3. The zero-order chi connectivity index (χ0) is 23.3. The summed E-state index contributed by atoms with van der Waals surface area (Å²) in [7, 11) is 0.183. The van der Waals surface area contributed by atoms with Gasteiger partial charge in [0.1, 0.15) is 11.3 Å². The van der Waals surface area contributed by atoms with Crippen molar-refractivity contribution in [3.05, 3.63) is 60.2 Å². The summed E-state index contributed by atoms with van der Waals surface area (Å²) in [5, 5.41) is 0. The van der Waals surface area contributed by atoms with E-state index in [1.165, 1.54) is 26.4 Å². The van der Waals surface area contributed by atoms with Crippen LogP contribution in [0.25, 0.3) is 11.1 Å². The molecule has 0 unspecified atom stereocenters. The minimum atomic E-state index is -3.78. The SMILES string of the molecule is COc1cc(OC)nc(Oc2cccc(-c3ccccc3)c2C(=O)ON(C)S(C)(=O)=O)n1. The average molecular weight is 459 g/mol. The Balaban J connectivity index is 2.11. The largest absolute Gasteiger partial charge is 0.481 e. The number of sulfonamides is 1. The highest BCUT2D eigenvalue weighted by Crippen LogP contribution is 2.34. The van der Waals surface area contributed by atoms with Crippen LogP contribution in [0, 0.1) is 0 Å². The van der Waals surface area contributed by atoms with Crippen LogP contribution in [0.5, 0.6) is 23.5 Å². The van der Waals surface area contributed by atoms with Gasteiger partial charge in [-0.3, -0.25) is 0 Å². The quantitative estimate of drug-likeness (QED) is 0.469. The Morgan fingerprint density at radius 2 is 1.56 bits per heavy atom. The van der Waals surface area contributed by atoms with Gasteiger partial charge in [0.05, 0.1) is 26.5 Å². The third-order valence-electron chi connectivity index (χ3n) is 4.27. The van der Waals surface area contributed by atoms with Crippen LogP contribution in [-0.2, 0) is 14.9 Å². The zero-order valence-electron chi connectivity index (χ0n) is 17.8. The standard InChI is InChI=1S/C21H21N3O7S/c1-24(32(4,26)27)31-20(25)19-15(14-9-6-5-7-10-14)11-8-12-16(19)30-21-22-17(28-2)13-18(23-21)29-3/h5-13H,1-4H3. The van der Waals surface area contributed by atoms with Crippen LogP contribution in [0.2, 0.25) is 0 Å². The lowest BCUT2D eigenvalue weighted by atomic mass is 9.99. The highest BCUT2D eigenvalue weighted by molar-refractivity contribution is 7.88. The first-order valence-electron chi connectivity index (χ1n) is 9.22. The van der Waals surface area contributed by atoms with Gasteiger partial charge in [-0.05, 0) is 16.1 Å². The van der Waals surface area contributed by atoms with Crippen molar-refractivity contribution in [2.75, 3.05) is 27.5 Å². The predicted molar refractivity (Wildman–Crippen MR) is 115 cm³/mol. The summed E-state index contributed by atoms with van der Waals surface area (Å²) >= 11 is 0. The second-order valence-corrected chi connectivity index (χ2v) is 8.41. The van der Waals surface area contributed by atoms with Gasteiger partial charge in [0.2, 0.25) is 21.8 Å². The van der Waals surface area contributed by atoms with Gasteiger partial charge in [0, 0.05) is 12.6 Å². The number of methoxy groups -OCH3 is 2. The number of nitrogens with zero attached hydrogens (tertiary/aromatic N) is 3. The first kappa shape index (κ1) is 23.0. The first-order chi connectivity index (χ1) is 15.2. The molecule has 0 N–H and O–H groups in total. The molecule has 0 radical (unpaired) electrons. The Hall–Kier alpha value is -3.70. The molecule has 0 saturated carbocycles. The highest BCUT2D eigenvalue weighted by Gasteiger charge is 2.25. The Morgan fingerprint density at radius 3 is 2.12 bits per heavy atom. The van der Waals surface area contributed by atoms with E-state index in [1.54, 1.807) is 36.4 Å². The van der Waals surface area contributed by atoms with E-state index in [0.717, 1.165) is 13.3 Å². The smallest absolute Gasteiger partial charge is 0.362 e. The van der Waals surface area contributed by atoms with E-state index in [2.05, 4.69) is 9.97 Å². The lowest BCUT2D eigenvalue weighted by Gasteiger charge is -2.17. The highest BCUT2D eigenvalue weighted by atomic mass is 32.2. The molecule has 0 bridgehead atoms. The molecule has 1 aromatic heterocycles. The summed E-state index contributed by atoms with van der Waals surface area (Å²) < 4.78 is 40.0. The van der Waals surface area contributed by atoms with E-state index in [9.17, 15) is 13.2 Å². The molecule has 3 aromatic rings. The van der Waals surface area contributed by atoms with E-state index in [1.807, 2.05) is 6.07 Å². The summed E-state index contributed by atoms with van der Waals surface area (Å²) in [6.45, 7) is 0. The minimum Gasteiger partial charge on any atom is -0.481 e. The Kier molecular flexibility index (Phi) is 6.91. The predicted octanol–water partition coefficient (Wildman–Crippen LogP) is 2.92. The van der Waals surface area contributed by atoms with Gasteiger partial charge in [-0.15, -0.1) is 0 Å². The lowest BCUT2D eigenvalue weighted by molar-refractivity contribution is -0.0292. The average Bonchev–Trinajstić information content (AvgIpc) is 2.78. The number of hydroxylamine groups is 1. The van der Waals surface area contributed by atoms with Gasteiger partial charge in [-0.1, -0.05) is 42.5 Å². The van der Waals surface area contributed by atoms with Crippen LogP contribution < -0.4 is 14.2 Å². The molecule has 0 aliphatic carbocycles. The second-order valence-electron chi connectivity index (χ2n) is 6.43. The van der Waals surface area contributed by atoms with Crippen molar-refractivity contribution in [3.63, 3.8) is 0 Å². The molecule has 168 valence electrons. The van der Waals surface area contributed by atoms with Gasteiger partial charge >= 0.3 is 12.0 Å². The van der Waals surface area contributed by atoms with Gasteiger partial charge in [-0.2, -0.15) is 9.97 Å². The second kappa shape index (κ2) is 9.62. The monoisotopic (exact) mass is 459 g/mol. The van der Waals surface area contributed by atoms with Crippen molar-refractivity contribution >= 4 is 16.0 Å². The molecule has 0 spiro atoms. The van der Waals surface area contributed by atoms with Crippen LogP contribution in [0.4, 0.5) is 0 Å². The van der Waals surface area contributed by atoms with E-state index >= 15 is 0 Å². The fourth-order valence-corrected chi connectivity index (χ4v) is 2.86. The molecular weight excluding hydrogens is 438 g/mol. The number of ether oxygens (including phenoxy) is 3. The van der Waals surface area contributed by atoms with E-state index in [0.29, 0.717) is 15.6 Å². The van der Waals surface area contributed by atoms with Crippen LogP contribution in [0.3, 0.4) is 0 Å². The molecule has 0 saturated heterocycles.